The van der Waals surface area contributed by atoms with Crippen LogP contribution in [0.1, 0.15) is 44.6 Å². The molecule has 0 aliphatic heterocycles. The largest absolute Gasteiger partial charge is 0.493 e. The smallest absolute Gasteiger partial charge is 0.232 e. The fraction of sp³-hybridized carbons (Fsp3) is 0.565. The van der Waals surface area contributed by atoms with Crippen molar-refractivity contribution < 1.29 is 22.9 Å². The van der Waals surface area contributed by atoms with Gasteiger partial charge in [-0.15, -0.1) is 0 Å². The number of carbonyl (C=O) groups is 1. The minimum atomic E-state index is -1.37. The zero-order valence-electron chi connectivity index (χ0n) is 18.9. The second-order valence-electron chi connectivity index (χ2n) is 8.26. The molecular weight excluding hydrogens is 416 g/mol. The molecule has 1 N–H and O–H groups in total. The summed E-state index contributed by atoms with van der Waals surface area (Å²) in [5.41, 5.74) is 1.33. The number of amides is 1. The lowest BCUT2D eigenvalue weighted by Gasteiger charge is -2.34. The van der Waals surface area contributed by atoms with Crippen LogP contribution in [-0.2, 0) is 21.3 Å². The molecule has 2 aromatic rings. The minimum Gasteiger partial charge on any atom is -0.493 e. The standard InChI is InChI=1S/C23H32N2O5S/c1-14-7-6-8-18(15(14)2)24-22(26)13-31(27)12-19-16(3)30-23(25-19)17-9-10-20(28-4)21(11-17)29-5/h9-11,14-15,18H,6-8,12-13H2,1-5H3,(H,24,26)/t14-,15+,18-,31-/m1/s1. The molecule has 1 aromatic heterocycles. The van der Waals surface area contributed by atoms with Crippen molar-refractivity contribution in [3.63, 3.8) is 0 Å². The van der Waals surface area contributed by atoms with E-state index < -0.39 is 10.8 Å². The number of hydrogen-bond acceptors (Lipinski definition) is 6. The average molecular weight is 449 g/mol. The molecule has 1 aromatic carbocycles. The van der Waals surface area contributed by atoms with Crippen molar-refractivity contribution in [2.24, 2.45) is 11.8 Å². The van der Waals surface area contributed by atoms with Gasteiger partial charge in [0.05, 0.1) is 25.7 Å². The van der Waals surface area contributed by atoms with Gasteiger partial charge in [0.15, 0.2) is 11.5 Å². The molecule has 8 heteroatoms. The second-order valence-corrected chi connectivity index (χ2v) is 9.72. The number of oxazole rings is 1. The van der Waals surface area contributed by atoms with E-state index in [1.165, 1.54) is 6.42 Å². The van der Waals surface area contributed by atoms with Crippen LogP contribution in [0.15, 0.2) is 22.6 Å². The van der Waals surface area contributed by atoms with Gasteiger partial charge < -0.3 is 19.2 Å². The minimum absolute atomic E-state index is 0.0321. The highest BCUT2D eigenvalue weighted by molar-refractivity contribution is 7.84. The summed E-state index contributed by atoms with van der Waals surface area (Å²) in [5, 5.41) is 3.08. The van der Waals surface area contributed by atoms with Crippen LogP contribution < -0.4 is 14.8 Å². The van der Waals surface area contributed by atoms with Gasteiger partial charge in [0.1, 0.15) is 11.5 Å². The first-order valence-corrected chi connectivity index (χ1v) is 12.1. The summed E-state index contributed by atoms with van der Waals surface area (Å²) in [6.45, 7) is 6.19. The lowest BCUT2D eigenvalue weighted by molar-refractivity contribution is -0.120. The zero-order valence-corrected chi connectivity index (χ0v) is 19.7. The first-order valence-electron chi connectivity index (χ1n) is 10.7. The third-order valence-corrected chi connectivity index (χ3v) is 7.35. The van der Waals surface area contributed by atoms with E-state index in [-0.39, 0.29) is 23.5 Å². The lowest BCUT2D eigenvalue weighted by Crippen LogP contribution is -2.45. The molecule has 31 heavy (non-hydrogen) atoms. The van der Waals surface area contributed by atoms with Gasteiger partial charge in [-0.05, 0) is 43.4 Å². The number of nitrogens with one attached hydrogen (secondary N) is 1. The maximum absolute atomic E-state index is 12.6. The Labute approximate surface area is 186 Å². The Balaban J connectivity index is 1.62. The Hall–Kier alpha value is -2.35. The van der Waals surface area contributed by atoms with E-state index in [9.17, 15) is 9.00 Å². The SMILES string of the molecule is COc1ccc(-c2nc(C[S@@](=O)CC(=O)N[C@@H]3CCC[C@@H](C)[C@@H]3C)c(C)o2)cc1OC. The Morgan fingerprint density at radius 1 is 1.23 bits per heavy atom. The lowest BCUT2D eigenvalue weighted by atomic mass is 9.78. The molecule has 1 heterocycles. The van der Waals surface area contributed by atoms with E-state index in [2.05, 4.69) is 24.1 Å². The molecule has 1 fully saturated rings. The quantitative estimate of drug-likeness (QED) is 0.660. The van der Waals surface area contributed by atoms with Crippen LogP contribution in [0.5, 0.6) is 11.5 Å². The Morgan fingerprint density at radius 3 is 2.68 bits per heavy atom. The maximum atomic E-state index is 12.6. The average Bonchev–Trinajstić information content (AvgIpc) is 3.10. The number of nitrogens with zero attached hydrogens (tertiary/aromatic N) is 1. The molecule has 1 aliphatic carbocycles. The van der Waals surface area contributed by atoms with Crippen LogP contribution in [0.25, 0.3) is 11.5 Å². The van der Waals surface area contributed by atoms with E-state index in [1.807, 2.05) is 6.07 Å². The van der Waals surface area contributed by atoms with Crippen LogP contribution in [-0.4, -0.2) is 41.1 Å². The molecular formula is C23H32N2O5S. The summed E-state index contributed by atoms with van der Waals surface area (Å²) in [4.78, 5) is 16.9. The number of carbonyl (C=O) groups excluding carboxylic acids is 1. The summed E-state index contributed by atoms with van der Waals surface area (Å²) in [6.07, 6.45) is 3.31. The fourth-order valence-electron chi connectivity index (χ4n) is 4.04. The summed E-state index contributed by atoms with van der Waals surface area (Å²) >= 11 is 0. The first kappa shape index (κ1) is 23.3. The molecule has 7 nitrogen and oxygen atoms in total. The third kappa shape index (κ3) is 5.67. The third-order valence-electron chi connectivity index (χ3n) is 6.17. The summed E-state index contributed by atoms with van der Waals surface area (Å²) in [6, 6.07) is 5.56. The molecule has 1 aliphatic rings. The molecule has 4 atom stereocenters. The van der Waals surface area contributed by atoms with Gasteiger partial charge in [0.25, 0.3) is 0 Å². The van der Waals surface area contributed by atoms with Crippen LogP contribution >= 0.6 is 0 Å². The van der Waals surface area contributed by atoms with Crippen molar-refractivity contribution in [3.05, 3.63) is 29.7 Å². The van der Waals surface area contributed by atoms with Gasteiger partial charge in [0, 0.05) is 22.4 Å². The second kappa shape index (κ2) is 10.3. The zero-order chi connectivity index (χ0) is 22.5. The number of aromatic nitrogens is 1. The molecule has 0 spiro atoms. The normalized spacial score (nSPS) is 22.0. The van der Waals surface area contributed by atoms with Crippen molar-refractivity contribution in [1.29, 1.82) is 0 Å². The van der Waals surface area contributed by atoms with Crippen LogP contribution in [0.3, 0.4) is 0 Å². The predicted octanol–water partition coefficient (Wildman–Crippen LogP) is 3.86. The van der Waals surface area contributed by atoms with Crippen LogP contribution in [0.4, 0.5) is 0 Å². The first-order chi connectivity index (χ1) is 14.8. The van der Waals surface area contributed by atoms with Crippen LogP contribution in [0.2, 0.25) is 0 Å². The number of ether oxygens (including phenoxy) is 2. The van der Waals surface area contributed by atoms with Crippen molar-refractivity contribution in [3.8, 4) is 23.0 Å². The number of rotatable bonds is 8. The van der Waals surface area contributed by atoms with Crippen molar-refractivity contribution in [1.82, 2.24) is 10.3 Å². The van der Waals surface area contributed by atoms with Crippen molar-refractivity contribution in [2.75, 3.05) is 20.0 Å². The highest BCUT2D eigenvalue weighted by atomic mass is 32.2. The molecule has 1 amide bonds. The van der Waals surface area contributed by atoms with Crippen molar-refractivity contribution in [2.45, 2.75) is 51.8 Å². The van der Waals surface area contributed by atoms with E-state index >= 15 is 0 Å². The maximum Gasteiger partial charge on any atom is 0.232 e. The number of hydrogen-bond donors (Lipinski definition) is 1. The van der Waals surface area contributed by atoms with Crippen molar-refractivity contribution >= 4 is 16.7 Å². The molecule has 3 rings (SSSR count). The Kier molecular flexibility index (Phi) is 7.75. The Bertz CT molecular complexity index is 942. The van der Waals surface area contributed by atoms with Gasteiger partial charge in [-0.2, -0.15) is 0 Å². The molecule has 1 saturated carbocycles. The van der Waals surface area contributed by atoms with Gasteiger partial charge in [0.2, 0.25) is 11.8 Å². The fourth-order valence-corrected chi connectivity index (χ4v) is 5.09. The molecule has 0 unspecified atom stereocenters. The number of benzene rings is 1. The van der Waals surface area contributed by atoms with E-state index in [0.29, 0.717) is 40.7 Å². The summed E-state index contributed by atoms with van der Waals surface area (Å²) < 4.78 is 29.0. The van der Waals surface area contributed by atoms with Gasteiger partial charge in [-0.25, -0.2) is 4.98 Å². The summed E-state index contributed by atoms with van der Waals surface area (Å²) in [5.74, 6) is 3.21. The predicted molar refractivity (Wildman–Crippen MR) is 121 cm³/mol. The van der Waals surface area contributed by atoms with Gasteiger partial charge >= 0.3 is 0 Å². The molecule has 0 radical (unpaired) electrons. The molecule has 0 bridgehead atoms. The van der Waals surface area contributed by atoms with E-state index in [4.69, 9.17) is 13.9 Å². The molecule has 170 valence electrons. The highest BCUT2D eigenvalue weighted by Gasteiger charge is 2.28. The molecule has 0 saturated heterocycles. The number of aryl methyl sites for hydroxylation is 1. The Morgan fingerprint density at radius 2 is 1.97 bits per heavy atom. The van der Waals surface area contributed by atoms with Gasteiger partial charge in [-0.1, -0.05) is 26.7 Å². The van der Waals surface area contributed by atoms with Gasteiger partial charge in [-0.3, -0.25) is 9.00 Å². The number of methoxy groups -OCH3 is 2. The van der Waals surface area contributed by atoms with E-state index in [0.717, 1.165) is 18.4 Å². The van der Waals surface area contributed by atoms with Crippen LogP contribution in [0, 0.1) is 18.8 Å². The topological polar surface area (TPSA) is 90.7 Å². The van der Waals surface area contributed by atoms with E-state index in [1.54, 1.807) is 33.3 Å². The highest BCUT2D eigenvalue weighted by Crippen LogP contribution is 2.33. The monoisotopic (exact) mass is 448 g/mol. The summed E-state index contributed by atoms with van der Waals surface area (Å²) in [7, 11) is 1.77.